The van der Waals surface area contributed by atoms with Crippen molar-refractivity contribution >= 4 is 33.4 Å². The van der Waals surface area contributed by atoms with Crippen LogP contribution in [0.25, 0.3) is 38.6 Å². The van der Waals surface area contributed by atoms with Gasteiger partial charge in [-0.2, -0.15) is 5.10 Å². The number of hydrogen-bond acceptors (Lipinski definition) is 5. The highest BCUT2D eigenvalue weighted by atomic mass is 16.1. The predicted molar refractivity (Wildman–Crippen MR) is 145 cm³/mol. The number of nitrogens with one attached hydrogen (secondary N) is 1. The summed E-state index contributed by atoms with van der Waals surface area (Å²) in [5, 5.41) is 10.5. The minimum Gasteiger partial charge on any atom is -0.380 e. The Bertz CT molecular complexity index is 1570. The molecule has 0 aliphatic carbocycles. The van der Waals surface area contributed by atoms with Gasteiger partial charge in [0.15, 0.2) is 5.69 Å². The van der Waals surface area contributed by atoms with Crippen LogP contribution < -0.4 is 11.1 Å². The third-order valence-corrected chi connectivity index (χ3v) is 6.62. The van der Waals surface area contributed by atoms with Crippen LogP contribution in [0, 0.1) is 6.92 Å². The summed E-state index contributed by atoms with van der Waals surface area (Å²) in [5.41, 5.74) is 12.2. The predicted octanol–water partition coefficient (Wildman–Crippen LogP) is 6.03. The van der Waals surface area contributed by atoms with Gasteiger partial charge in [0.25, 0.3) is 5.91 Å². The molecule has 0 saturated heterocycles. The zero-order valence-electron chi connectivity index (χ0n) is 20.8. The maximum atomic E-state index is 12.1. The van der Waals surface area contributed by atoms with Crippen molar-refractivity contribution in [2.75, 3.05) is 5.32 Å². The Kier molecular flexibility index (Phi) is 6.38. The molecule has 0 radical (unpaired) electrons. The van der Waals surface area contributed by atoms with Gasteiger partial charge < -0.3 is 11.1 Å². The molecule has 1 unspecified atom stereocenters. The minimum atomic E-state index is -0.553. The molecule has 0 bridgehead atoms. The van der Waals surface area contributed by atoms with E-state index in [0.717, 1.165) is 63.6 Å². The number of anilines is 1. The molecule has 182 valence electrons. The quantitative estimate of drug-likeness (QED) is 0.284. The lowest BCUT2D eigenvalue weighted by Crippen LogP contribution is -2.23. The molecule has 3 aromatic heterocycles. The Labute approximate surface area is 210 Å². The fourth-order valence-electron chi connectivity index (χ4n) is 4.83. The minimum absolute atomic E-state index is 0.230. The molecule has 3 heterocycles. The molecule has 0 aliphatic heterocycles. The highest BCUT2D eigenvalue weighted by molar-refractivity contribution is 5.99. The second-order valence-electron chi connectivity index (χ2n) is 9.11. The van der Waals surface area contributed by atoms with E-state index in [2.05, 4.69) is 47.3 Å². The number of amides is 1. The Morgan fingerprint density at radius 3 is 2.67 bits per heavy atom. The summed E-state index contributed by atoms with van der Waals surface area (Å²) >= 11 is 0. The first-order chi connectivity index (χ1) is 17.5. The SMILES string of the molecule is CCCC(CC)Nc1cc(-n2nc(C)c3c(-c4cnc5ccccc5c4)cccc32)cnc1C(N)=O. The first-order valence-electron chi connectivity index (χ1n) is 12.4. The number of carbonyl (C=O) groups is 1. The van der Waals surface area contributed by atoms with Crippen molar-refractivity contribution in [2.45, 2.75) is 46.1 Å². The maximum absolute atomic E-state index is 12.1. The van der Waals surface area contributed by atoms with Crippen molar-refractivity contribution in [2.24, 2.45) is 5.73 Å². The summed E-state index contributed by atoms with van der Waals surface area (Å²) < 4.78 is 1.88. The summed E-state index contributed by atoms with van der Waals surface area (Å²) in [6, 6.07) is 18.6. The van der Waals surface area contributed by atoms with Gasteiger partial charge in [-0.05, 0) is 49.6 Å². The number of benzene rings is 2. The first-order valence-corrected chi connectivity index (χ1v) is 12.4. The van der Waals surface area contributed by atoms with Crippen LogP contribution in [-0.2, 0) is 0 Å². The molecule has 0 spiro atoms. The van der Waals surface area contributed by atoms with Crippen LogP contribution in [0.3, 0.4) is 0 Å². The number of rotatable bonds is 8. The number of aromatic nitrogens is 4. The summed E-state index contributed by atoms with van der Waals surface area (Å²) in [7, 11) is 0. The van der Waals surface area contributed by atoms with Crippen LogP contribution in [0.5, 0.6) is 0 Å². The van der Waals surface area contributed by atoms with Gasteiger partial charge in [-0.15, -0.1) is 0 Å². The number of aryl methyl sites for hydroxylation is 1. The van der Waals surface area contributed by atoms with E-state index in [4.69, 9.17) is 10.8 Å². The third-order valence-electron chi connectivity index (χ3n) is 6.62. The van der Waals surface area contributed by atoms with Gasteiger partial charge in [0.1, 0.15) is 0 Å². The smallest absolute Gasteiger partial charge is 0.269 e. The lowest BCUT2D eigenvalue weighted by molar-refractivity contribution is 0.0996. The van der Waals surface area contributed by atoms with Crippen molar-refractivity contribution in [3.05, 3.63) is 78.4 Å². The molecule has 3 N–H and O–H groups in total. The number of fused-ring (bicyclic) bond motifs is 2. The molecule has 0 fully saturated rings. The van der Waals surface area contributed by atoms with Gasteiger partial charge in [-0.3, -0.25) is 9.78 Å². The Morgan fingerprint density at radius 2 is 1.89 bits per heavy atom. The van der Waals surface area contributed by atoms with Crippen molar-refractivity contribution < 1.29 is 4.79 Å². The number of carbonyl (C=O) groups excluding carboxylic acids is 1. The van der Waals surface area contributed by atoms with E-state index >= 15 is 0 Å². The van der Waals surface area contributed by atoms with Crippen LogP contribution in [0.15, 0.2) is 67.0 Å². The van der Waals surface area contributed by atoms with Crippen molar-refractivity contribution in [3.63, 3.8) is 0 Å². The first kappa shape index (κ1) is 23.5. The lowest BCUT2D eigenvalue weighted by Gasteiger charge is -2.19. The molecule has 5 aromatic rings. The number of primary amides is 1. The van der Waals surface area contributed by atoms with Gasteiger partial charge in [0, 0.05) is 28.6 Å². The zero-order chi connectivity index (χ0) is 25.2. The Hall–Kier alpha value is -4.26. The van der Waals surface area contributed by atoms with E-state index in [0.29, 0.717) is 5.69 Å². The highest BCUT2D eigenvalue weighted by Gasteiger charge is 2.18. The molecule has 2 aromatic carbocycles. The maximum Gasteiger partial charge on any atom is 0.269 e. The molecule has 0 aliphatic rings. The summed E-state index contributed by atoms with van der Waals surface area (Å²) in [4.78, 5) is 21.2. The van der Waals surface area contributed by atoms with E-state index in [-0.39, 0.29) is 11.7 Å². The van der Waals surface area contributed by atoms with Crippen molar-refractivity contribution in [1.82, 2.24) is 19.7 Å². The van der Waals surface area contributed by atoms with Crippen LogP contribution in [0.2, 0.25) is 0 Å². The largest absolute Gasteiger partial charge is 0.380 e. The monoisotopic (exact) mass is 478 g/mol. The average molecular weight is 479 g/mol. The van der Waals surface area contributed by atoms with Crippen LogP contribution in [0.1, 0.15) is 49.3 Å². The van der Waals surface area contributed by atoms with E-state index in [1.165, 1.54) is 0 Å². The van der Waals surface area contributed by atoms with Crippen molar-refractivity contribution in [1.29, 1.82) is 0 Å². The Morgan fingerprint density at radius 1 is 1.06 bits per heavy atom. The van der Waals surface area contributed by atoms with E-state index in [1.807, 2.05) is 54.2 Å². The van der Waals surface area contributed by atoms with Gasteiger partial charge in [-0.25, -0.2) is 9.67 Å². The van der Waals surface area contributed by atoms with Crippen molar-refractivity contribution in [3.8, 4) is 16.8 Å². The van der Waals surface area contributed by atoms with E-state index in [9.17, 15) is 4.79 Å². The normalized spacial score (nSPS) is 12.2. The molecular formula is C29H30N6O. The van der Waals surface area contributed by atoms with Crippen LogP contribution >= 0.6 is 0 Å². The number of hydrogen-bond donors (Lipinski definition) is 2. The number of pyridine rings is 2. The molecule has 0 saturated carbocycles. The second-order valence-corrected chi connectivity index (χ2v) is 9.11. The van der Waals surface area contributed by atoms with Gasteiger partial charge in [0.05, 0.1) is 34.3 Å². The van der Waals surface area contributed by atoms with Gasteiger partial charge in [0.2, 0.25) is 0 Å². The molecule has 5 rings (SSSR count). The fourth-order valence-corrected chi connectivity index (χ4v) is 4.83. The topological polar surface area (TPSA) is 98.7 Å². The highest BCUT2D eigenvalue weighted by Crippen LogP contribution is 2.33. The van der Waals surface area contributed by atoms with E-state index in [1.54, 1.807) is 6.20 Å². The molecule has 36 heavy (non-hydrogen) atoms. The van der Waals surface area contributed by atoms with Gasteiger partial charge >= 0.3 is 0 Å². The summed E-state index contributed by atoms with van der Waals surface area (Å²) in [6.07, 6.45) is 6.54. The lowest BCUT2D eigenvalue weighted by atomic mass is 10.0. The standard InChI is InChI=1S/C29H30N6O/c1-4-9-21(5-2)33-25-15-22(17-32-28(25)29(30)36)35-26-13-8-11-23(27(26)18(3)34-35)20-14-19-10-6-7-12-24(19)31-16-20/h6-8,10-17,21,33H,4-5,9H2,1-3H3,(H2,30,36). The number of nitrogens with two attached hydrogens (primary N) is 1. The average Bonchev–Trinajstić information content (AvgIpc) is 3.24. The molecular weight excluding hydrogens is 448 g/mol. The molecule has 7 nitrogen and oxygen atoms in total. The van der Waals surface area contributed by atoms with E-state index < -0.39 is 5.91 Å². The Balaban J connectivity index is 1.63. The van der Waals surface area contributed by atoms with Gasteiger partial charge in [-0.1, -0.05) is 50.6 Å². The molecule has 1 amide bonds. The number of nitrogens with zero attached hydrogens (tertiary/aromatic N) is 4. The molecule has 7 heteroatoms. The summed E-state index contributed by atoms with van der Waals surface area (Å²) in [5.74, 6) is -0.553. The zero-order valence-corrected chi connectivity index (χ0v) is 20.8. The summed E-state index contributed by atoms with van der Waals surface area (Å²) in [6.45, 7) is 6.28. The third kappa shape index (κ3) is 4.28. The second kappa shape index (κ2) is 9.77. The van der Waals surface area contributed by atoms with Crippen LogP contribution in [-0.4, -0.2) is 31.7 Å². The number of para-hydroxylation sites is 1. The molecule has 1 atom stereocenters. The fraction of sp³-hybridized carbons (Fsp3) is 0.241. The van der Waals surface area contributed by atoms with Crippen LogP contribution in [0.4, 0.5) is 5.69 Å².